The summed E-state index contributed by atoms with van der Waals surface area (Å²) in [6.45, 7) is 3.88. The largest absolute Gasteiger partial charge is 0.507 e. The van der Waals surface area contributed by atoms with E-state index >= 15 is 0 Å². The van der Waals surface area contributed by atoms with Gasteiger partial charge in [-0.2, -0.15) is 4.98 Å². The molecule has 0 fully saturated rings. The number of phenols is 1. The fourth-order valence-corrected chi connectivity index (χ4v) is 3.09. The van der Waals surface area contributed by atoms with Crippen molar-refractivity contribution in [2.75, 3.05) is 0 Å². The Hall–Kier alpha value is -3.11. The molecule has 1 heterocycles. The normalized spacial score (nSPS) is 10.9. The third-order valence-corrected chi connectivity index (χ3v) is 4.93. The van der Waals surface area contributed by atoms with Gasteiger partial charge in [0.2, 0.25) is 5.88 Å². The standard InChI is InChI=1S/C22H17ClN2O2/c1-13-11-15(12-14(2)20(13)23)27-22-16-7-3-5-9-18(16)24-21(25-22)17-8-4-6-10-19(17)26/h3-12,26H,1-2H3. The number of halogens is 1. The van der Waals surface area contributed by atoms with E-state index in [0.717, 1.165) is 27.1 Å². The number of para-hydroxylation sites is 2. The Morgan fingerprint density at radius 2 is 1.56 bits per heavy atom. The summed E-state index contributed by atoms with van der Waals surface area (Å²) in [5, 5.41) is 11.7. The maximum atomic E-state index is 10.2. The number of ether oxygens (including phenoxy) is 1. The maximum Gasteiger partial charge on any atom is 0.230 e. The van der Waals surface area contributed by atoms with Crippen LogP contribution in [0.1, 0.15) is 11.1 Å². The quantitative estimate of drug-likeness (QED) is 0.471. The van der Waals surface area contributed by atoms with Gasteiger partial charge in [0.25, 0.3) is 0 Å². The second-order valence-corrected chi connectivity index (χ2v) is 6.74. The van der Waals surface area contributed by atoms with Crippen LogP contribution in [0.3, 0.4) is 0 Å². The number of aromatic hydroxyl groups is 1. The summed E-state index contributed by atoms with van der Waals surface area (Å²) >= 11 is 6.26. The zero-order chi connectivity index (χ0) is 19.0. The molecule has 0 saturated carbocycles. The van der Waals surface area contributed by atoms with Gasteiger partial charge in [-0.1, -0.05) is 35.9 Å². The summed E-state index contributed by atoms with van der Waals surface area (Å²) in [4.78, 5) is 9.17. The Labute approximate surface area is 162 Å². The number of aryl methyl sites for hydroxylation is 2. The molecule has 0 aliphatic heterocycles. The van der Waals surface area contributed by atoms with Crippen molar-refractivity contribution in [1.29, 1.82) is 0 Å². The molecule has 0 amide bonds. The number of nitrogens with zero attached hydrogens (tertiary/aromatic N) is 2. The molecule has 0 radical (unpaired) electrons. The molecule has 1 aromatic heterocycles. The summed E-state index contributed by atoms with van der Waals surface area (Å²) in [6, 6.07) is 18.4. The molecule has 4 aromatic rings. The number of hydrogen-bond donors (Lipinski definition) is 1. The lowest BCUT2D eigenvalue weighted by molar-refractivity contribution is 0.466. The fourth-order valence-electron chi connectivity index (χ4n) is 2.99. The molecule has 3 aromatic carbocycles. The van der Waals surface area contributed by atoms with E-state index in [1.54, 1.807) is 18.2 Å². The van der Waals surface area contributed by atoms with Crippen LogP contribution in [0.25, 0.3) is 22.3 Å². The number of fused-ring (bicyclic) bond motifs is 1. The average molecular weight is 377 g/mol. The van der Waals surface area contributed by atoms with E-state index in [-0.39, 0.29) is 5.75 Å². The summed E-state index contributed by atoms with van der Waals surface area (Å²) in [6.07, 6.45) is 0. The van der Waals surface area contributed by atoms with Crippen LogP contribution in [0, 0.1) is 13.8 Å². The first kappa shape index (κ1) is 17.3. The molecule has 0 unspecified atom stereocenters. The van der Waals surface area contributed by atoms with Gasteiger partial charge >= 0.3 is 0 Å². The first-order valence-corrected chi connectivity index (χ1v) is 8.90. The Bertz CT molecular complexity index is 1140. The third-order valence-electron chi connectivity index (χ3n) is 4.34. The van der Waals surface area contributed by atoms with Gasteiger partial charge in [0.1, 0.15) is 11.5 Å². The molecule has 0 saturated heterocycles. The van der Waals surface area contributed by atoms with Crippen molar-refractivity contribution in [2.24, 2.45) is 0 Å². The molecule has 5 heteroatoms. The lowest BCUT2D eigenvalue weighted by Crippen LogP contribution is -1.97. The highest BCUT2D eigenvalue weighted by Gasteiger charge is 2.14. The van der Waals surface area contributed by atoms with Crippen LogP contribution < -0.4 is 4.74 Å². The highest BCUT2D eigenvalue weighted by Crippen LogP contribution is 2.34. The number of rotatable bonds is 3. The molecule has 4 rings (SSSR count). The topological polar surface area (TPSA) is 55.2 Å². The summed E-state index contributed by atoms with van der Waals surface area (Å²) in [5.74, 6) is 1.61. The zero-order valence-corrected chi connectivity index (χ0v) is 15.7. The van der Waals surface area contributed by atoms with Gasteiger partial charge in [-0.05, 0) is 61.4 Å². The van der Waals surface area contributed by atoms with Gasteiger partial charge in [-0.25, -0.2) is 4.98 Å². The molecule has 0 spiro atoms. The van der Waals surface area contributed by atoms with Crippen molar-refractivity contribution < 1.29 is 9.84 Å². The van der Waals surface area contributed by atoms with Crippen LogP contribution >= 0.6 is 11.6 Å². The fraction of sp³-hybridized carbons (Fsp3) is 0.0909. The number of hydrogen-bond acceptors (Lipinski definition) is 4. The Balaban J connectivity index is 1.88. The molecular weight excluding hydrogens is 360 g/mol. The van der Waals surface area contributed by atoms with Crippen molar-refractivity contribution in [3.8, 4) is 28.8 Å². The number of aromatic nitrogens is 2. The summed E-state index contributed by atoms with van der Waals surface area (Å²) < 4.78 is 6.12. The highest BCUT2D eigenvalue weighted by atomic mass is 35.5. The lowest BCUT2D eigenvalue weighted by atomic mass is 10.1. The van der Waals surface area contributed by atoms with E-state index in [0.29, 0.717) is 23.0 Å². The minimum Gasteiger partial charge on any atom is -0.507 e. The van der Waals surface area contributed by atoms with Crippen LogP contribution in [0.2, 0.25) is 5.02 Å². The first-order valence-electron chi connectivity index (χ1n) is 8.52. The second-order valence-electron chi connectivity index (χ2n) is 6.36. The number of phenolic OH excluding ortho intramolecular Hbond substituents is 1. The van der Waals surface area contributed by atoms with Crippen molar-refractivity contribution >= 4 is 22.5 Å². The molecule has 0 aliphatic rings. The van der Waals surface area contributed by atoms with Crippen LogP contribution in [0.4, 0.5) is 0 Å². The van der Waals surface area contributed by atoms with Crippen LogP contribution in [-0.4, -0.2) is 15.1 Å². The Morgan fingerprint density at radius 1 is 0.889 bits per heavy atom. The monoisotopic (exact) mass is 376 g/mol. The average Bonchev–Trinajstić information content (AvgIpc) is 2.66. The maximum absolute atomic E-state index is 10.2. The van der Waals surface area contributed by atoms with E-state index in [9.17, 15) is 5.11 Å². The highest BCUT2D eigenvalue weighted by molar-refractivity contribution is 6.32. The molecule has 27 heavy (non-hydrogen) atoms. The van der Waals surface area contributed by atoms with Crippen LogP contribution in [0.15, 0.2) is 60.7 Å². The van der Waals surface area contributed by atoms with Gasteiger partial charge in [0.05, 0.1) is 16.5 Å². The smallest absolute Gasteiger partial charge is 0.230 e. The molecule has 1 N–H and O–H groups in total. The van der Waals surface area contributed by atoms with Crippen molar-refractivity contribution in [2.45, 2.75) is 13.8 Å². The minimum atomic E-state index is 0.122. The zero-order valence-electron chi connectivity index (χ0n) is 14.9. The van der Waals surface area contributed by atoms with Gasteiger partial charge in [0, 0.05) is 5.02 Å². The lowest BCUT2D eigenvalue weighted by Gasteiger charge is -2.12. The van der Waals surface area contributed by atoms with Crippen molar-refractivity contribution in [3.63, 3.8) is 0 Å². The van der Waals surface area contributed by atoms with Crippen LogP contribution in [-0.2, 0) is 0 Å². The van der Waals surface area contributed by atoms with Crippen molar-refractivity contribution in [1.82, 2.24) is 9.97 Å². The minimum absolute atomic E-state index is 0.122. The molecule has 134 valence electrons. The van der Waals surface area contributed by atoms with Crippen LogP contribution in [0.5, 0.6) is 17.4 Å². The van der Waals surface area contributed by atoms with E-state index in [1.165, 1.54) is 0 Å². The predicted octanol–water partition coefficient (Wildman–Crippen LogP) is 6.06. The van der Waals surface area contributed by atoms with E-state index < -0.39 is 0 Å². The Morgan fingerprint density at radius 3 is 2.30 bits per heavy atom. The second kappa shape index (κ2) is 6.89. The van der Waals surface area contributed by atoms with Gasteiger partial charge in [-0.3, -0.25) is 0 Å². The molecule has 0 bridgehead atoms. The molecule has 0 aliphatic carbocycles. The predicted molar refractivity (Wildman–Crippen MR) is 108 cm³/mol. The van der Waals surface area contributed by atoms with Gasteiger partial charge in [0.15, 0.2) is 5.82 Å². The molecule has 0 atom stereocenters. The molecular formula is C22H17ClN2O2. The van der Waals surface area contributed by atoms with E-state index in [1.807, 2.05) is 56.3 Å². The summed E-state index contributed by atoms with van der Waals surface area (Å²) in [5.41, 5.74) is 3.16. The number of benzene rings is 3. The first-order chi connectivity index (χ1) is 13.0. The Kier molecular flexibility index (Phi) is 4.42. The van der Waals surface area contributed by atoms with Gasteiger partial charge < -0.3 is 9.84 Å². The summed E-state index contributed by atoms with van der Waals surface area (Å²) in [7, 11) is 0. The third kappa shape index (κ3) is 3.32. The SMILES string of the molecule is Cc1cc(Oc2nc(-c3ccccc3O)nc3ccccc23)cc(C)c1Cl. The van der Waals surface area contributed by atoms with E-state index in [4.69, 9.17) is 16.3 Å². The van der Waals surface area contributed by atoms with Crippen molar-refractivity contribution in [3.05, 3.63) is 76.8 Å². The van der Waals surface area contributed by atoms with Gasteiger partial charge in [-0.15, -0.1) is 0 Å². The van der Waals surface area contributed by atoms with E-state index in [2.05, 4.69) is 9.97 Å². The molecule has 4 nitrogen and oxygen atoms in total.